The highest BCUT2D eigenvalue weighted by molar-refractivity contribution is 9.10. The molecule has 1 saturated heterocycles. The predicted molar refractivity (Wildman–Crippen MR) is 143 cm³/mol. The van der Waals surface area contributed by atoms with Crippen LogP contribution in [0.2, 0.25) is 0 Å². The van der Waals surface area contributed by atoms with E-state index in [2.05, 4.69) is 27.8 Å². The van der Waals surface area contributed by atoms with Crippen LogP contribution in [0, 0.1) is 0 Å². The number of benzene rings is 3. The molecule has 1 fully saturated rings. The molecule has 4 rings (SSSR count). The van der Waals surface area contributed by atoms with Gasteiger partial charge in [0.25, 0.3) is 11.8 Å². The SMILES string of the molecule is C=CCOc1cc(OC)ccc1/C=C1\C(=O)NC(=O)N(c2ccc(OCc3ccc(Br)cc3)cc2)C1=O. The maximum atomic E-state index is 13.3. The van der Waals surface area contributed by atoms with Gasteiger partial charge in [0, 0.05) is 16.1 Å². The smallest absolute Gasteiger partial charge is 0.335 e. The molecule has 37 heavy (non-hydrogen) atoms. The van der Waals surface area contributed by atoms with Crippen molar-refractivity contribution in [2.75, 3.05) is 18.6 Å². The van der Waals surface area contributed by atoms with Gasteiger partial charge in [0.15, 0.2) is 0 Å². The highest BCUT2D eigenvalue weighted by Gasteiger charge is 2.37. The molecule has 4 amide bonds. The van der Waals surface area contributed by atoms with Crippen molar-refractivity contribution in [3.63, 3.8) is 0 Å². The number of amides is 4. The van der Waals surface area contributed by atoms with Crippen molar-refractivity contribution in [2.45, 2.75) is 6.61 Å². The lowest BCUT2D eigenvalue weighted by Gasteiger charge is -2.26. The minimum Gasteiger partial charge on any atom is -0.497 e. The second-order valence-corrected chi connectivity index (χ2v) is 8.79. The minimum absolute atomic E-state index is 0.213. The second kappa shape index (κ2) is 11.6. The van der Waals surface area contributed by atoms with Gasteiger partial charge >= 0.3 is 6.03 Å². The average molecular weight is 563 g/mol. The molecule has 0 atom stereocenters. The first-order valence-electron chi connectivity index (χ1n) is 11.2. The third-order valence-electron chi connectivity index (χ3n) is 5.39. The molecule has 0 unspecified atom stereocenters. The van der Waals surface area contributed by atoms with Gasteiger partial charge in [0.2, 0.25) is 0 Å². The van der Waals surface area contributed by atoms with Crippen molar-refractivity contribution < 1.29 is 28.6 Å². The molecule has 1 aliphatic rings. The van der Waals surface area contributed by atoms with E-state index < -0.39 is 17.8 Å². The zero-order chi connectivity index (χ0) is 26.4. The Kier molecular flexibility index (Phi) is 8.05. The van der Waals surface area contributed by atoms with Crippen molar-refractivity contribution in [3.05, 3.63) is 101 Å². The van der Waals surface area contributed by atoms with Gasteiger partial charge < -0.3 is 14.2 Å². The molecule has 0 spiro atoms. The number of nitrogens with one attached hydrogen (secondary N) is 1. The molecule has 0 bridgehead atoms. The lowest BCUT2D eigenvalue weighted by atomic mass is 10.1. The number of barbiturate groups is 1. The monoisotopic (exact) mass is 562 g/mol. The number of imide groups is 2. The van der Waals surface area contributed by atoms with E-state index in [1.165, 1.54) is 13.2 Å². The Balaban J connectivity index is 1.56. The number of hydrogen-bond donors (Lipinski definition) is 1. The van der Waals surface area contributed by atoms with Crippen LogP contribution in [0.4, 0.5) is 10.5 Å². The molecule has 9 heteroatoms. The van der Waals surface area contributed by atoms with Crippen LogP contribution in [0.3, 0.4) is 0 Å². The molecule has 0 saturated carbocycles. The summed E-state index contributed by atoms with van der Waals surface area (Å²) in [7, 11) is 1.52. The van der Waals surface area contributed by atoms with Crippen molar-refractivity contribution in [1.29, 1.82) is 0 Å². The molecule has 8 nitrogen and oxygen atoms in total. The fourth-order valence-electron chi connectivity index (χ4n) is 3.52. The van der Waals surface area contributed by atoms with E-state index in [9.17, 15) is 14.4 Å². The predicted octanol–water partition coefficient (Wildman–Crippen LogP) is 5.27. The van der Waals surface area contributed by atoms with Gasteiger partial charge in [0.05, 0.1) is 12.8 Å². The molecule has 3 aromatic rings. The van der Waals surface area contributed by atoms with E-state index in [1.807, 2.05) is 24.3 Å². The highest BCUT2D eigenvalue weighted by Crippen LogP contribution is 2.29. The summed E-state index contributed by atoms with van der Waals surface area (Å²) in [6, 6.07) is 18.3. The number of nitrogens with zero attached hydrogens (tertiary/aromatic N) is 1. The van der Waals surface area contributed by atoms with Crippen LogP contribution in [-0.2, 0) is 16.2 Å². The molecule has 0 aliphatic carbocycles. The van der Waals surface area contributed by atoms with Crippen molar-refractivity contribution in [1.82, 2.24) is 5.32 Å². The molecule has 0 aromatic heterocycles. The Labute approximate surface area is 222 Å². The number of hydrogen-bond acceptors (Lipinski definition) is 6. The summed E-state index contributed by atoms with van der Waals surface area (Å²) in [6.45, 7) is 4.20. The molecule has 0 radical (unpaired) electrons. The van der Waals surface area contributed by atoms with Gasteiger partial charge in [-0.25, -0.2) is 9.69 Å². The van der Waals surface area contributed by atoms with Gasteiger partial charge in [-0.15, -0.1) is 0 Å². The largest absolute Gasteiger partial charge is 0.497 e. The van der Waals surface area contributed by atoms with E-state index in [0.717, 1.165) is 14.9 Å². The Morgan fingerprint density at radius 2 is 1.65 bits per heavy atom. The summed E-state index contributed by atoms with van der Waals surface area (Å²) >= 11 is 3.40. The number of methoxy groups -OCH3 is 1. The first-order valence-corrected chi connectivity index (χ1v) is 12.0. The van der Waals surface area contributed by atoms with E-state index in [1.54, 1.807) is 48.5 Å². The van der Waals surface area contributed by atoms with Gasteiger partial charge in [0.1, 0.15) is 36.0 Å². The molecule has 1 heterocycles. The average Bonchev–Trinajstić information content (AvgIpc) is 2.90. The molecule has 188 valence electrons. The van der Waals surface area contributed by atoms with Crippen LogP contribution in [0.5, 0.6) is 17.2 Å². The van der Waals surface area contributed by atoms with Crippen LogP contribution in [-0.4, -0.2) is 31.6 Å². The minimum atomic E-state index is -0.839. The van der Waals surface area contributed by atoms with Crippen molar-refractivity contribution in [3.8, 4) is 17.2 Å². The number of rotatable bonds is 9. The van der Waals surface area contributed by atoms with E-state index in [0.29, 0.717) is 29.4 Å². The molecule has 1 aliphatic heterocycles. The lowest BCUT2D eigenvalue weighted by molar-refractivity contribution is -0.122. The van der Waals surface area contributed by atoms with E-state index >= 15 is 0 Å². The maximum absolute atomic E-state index is 13.3. The van der Waals surface area contributed by atoms with Crippen LogP contribution < -0.4 is 24.4 Å². The lowest BCUT2D eigenvalue weighted by Crippen LogP contribution is -2.54. The van der Waals surface area contributed by atoms with Gasteiger partial charge in [-0.3, -0.25) is 14.9 Å². The molecule has 1 N–H and O–H groups in total. The first kappa shape index (κ1) is 25.7. The topological polar surface area (TPSA) is 94.2 Å². The summed E-state index contributed by atoms with van der Waals surface area (Å²) < 4.78 is 17.7. The van der Waals surface area contributed by atoms with E-state index in [-0.39, 0.29) is 17.9 Å². The van der Waals surface area contributed by atoms with Gasteiger partial charge in [-0.1, -0.05) is 40.7 Å². The summed E-state index contributed by atoms with van der Waals surface area (Å²) in [5, 5.41) is 2.22. The third kappa shape index (κ3) is 6.07. The number of carbonyl (C=O) groups excluding carboxylic acids is 3. The fraction of sp³-hybridized carbons (Fsp3) is 0.107. The fourth-order valence-corrected chi connectivity index (χ4v) is 3.79. The Bertz CT molecular complexity index is 1370. The van der Waals surface area contributed by atoms with E-state index in [4.69, 9.17) is 14.2 Å². The maximum Gasteiger partial charge on any atom is 0.335 e. The van der Waals surface area contributed by atoms with Crippen LogP contribution in [0.25, 0.3) is 6.08 Å². The van der Waals surface area contributed by atoms with Crippen molar-refractivity contribution >= 4 is 45.5 Å². The Morgan fingerprint density at radius 1 is 0.946 bits per heavy atom. The van der Waals surface area contributed by atoms with Crippen LogP contribution in [0.1, 0.15) is 11.1 Å². The summed E-state index contributed by atoms with van der Waals surface area (Å²) in [4.78, 5) is 39.4. The second-order valence-electron chi connectivity index (χ2n) is 7.87. The third-order valence-corrected chi connectivity index (χ3v) is 5.92. The molecular weight excluding hydrogens is 540 g/mol. The first-order chi connectivity index (χ1) is 17.9. The number of ether oxygens (including phenoxy) is 3. The van der Waals surface area contributed by atoms with Gasteiger partial charge in [-0.05, 0) is 60.2 Å². The number of halogens is 1. The highest BCUT2D eigenvalue weighted by atomic mass is 79.9. The number of urea groups is 1. The summed E-state index contributed by atoms with van der Waals surface area (Å²) in [6.07, 6.45) is 2.95. The zero-order valence-corrected chi connectivity index (χ0v) is 21.5. The number of carbonyl (C=O) groups is 3. The summed E-state index contributed by atoms with van der Waals surface area (Å²) in [5.74, 6) is -0.0671. The Morgan fingerprint density at radius 3 is 2.32 bits per heavy atom. The number of anilines is 1. The normalized spacial score (nSPS) is 14.4. The van der Waals surface area contributed by atoms with Gasteiger partial charge in [-0.2, -0.15) is 0 Å². The van der Waals surface area contributed by atoms with Crippen LogP contribution in [0.15, 0.2) is 89.4 Å². The molecule has 3 aromatic carbocycles. The molecular formula is C28H23BrN2O6. The Hall–Kier alpha value is -4.37. The standard InChI is InChI=1S/C28H23BrN2O6/c1-3-14-36-25-16-23(35-2)11-6-19(25)15-24-26(32)30-28(34)31(27(24)33)21-9-12-22(13-10-21)37-17-18-4-7-20(29)8-5-18/h3-13,15-16H,1,14,17H2,2H3,(H,30,32,34)/b24-15+. The van der Waals surface area contributed by atoms with Crippen molar-refractivity contribution in [2.24, 2.45) is 0 Å². The van der Waals surface area contributed by atoms with Crippen LogP contribution >= 0.6 is 15.9 Å². The zero-order valence-electron chi connectivity index (χ0n) is 19.9. The summed E-state index contributed by atoms with van der Waals surface area (Å²) in [5.41, 5.74) is 1.52. The quantitative estimate of drug-likeness (QED) is 0.217.